The van der Waals surface area contributed by atoms with Crippen LogP contribution in [0, 0.1) is 5.92 Å². The molecule has 33 heavy (non-hydrogen) atoms. The second kappa shape index (κ2) is 6.72. The van der Waals surface area contributed by atoms with Crippen LogP contribution in [-0.2, 0) is 19.1 Å². The first-order valence-corrected chi connectivity index (χ1v) is 10.6. The summed E-state index contributed by atoms with van der Waals surface area (Å²) in [6.45, 7) is 2.08. The standard InChI is InChI=1S/C22H22N4O7/c1-9-16(24-10-3-4-13-14(5-10)33-8-32-13)19(28)15-11(7-31-21(23)29)22(30-2)20-12(25-20)6-26(22)17(15)18(9)27/h3-5,11-12,20,24-25H,6-8H2,1-2H3,(H2,23,29)/t11-,12+,20+,22?/m0/s1. The van der Waals surface area contributed by atoms with Crippen molar-refractivity contribution < 1.29 is 33.3 Å². The van der Waals surface area contributed by atoms with Crippen molar-refractivity contribution in [2.24, 2.45) is 11.7 Å². The molecule has 1 amide bonds. The average Bonchev–Trinajstić information content (AvgIpc) is 3.17. The summed E-state index contributed by atoms with van der Waals surface area (Å²) in [5, 5.41) is 6.42. The largest absolute Gasteiger partial charge is 0.454 e. The highest BCUT2D eigenvalue weighted by Crippen LogP contribution is 2.55. The molecule has 4 N–H and O–H groups in total. The number of primary amides is 1. The number of carbonyl (C=O) groups excluding carboxylic acids is 3. The van der Waals surface area contributed by atoms with Crippen LogP contribution in [0.25, 0.3) is 0 Å². The zero-order valence-electron chi connectivity index (χ0n) is 18.0. The molecular weight excluding hydrogens is 432 g/mol. The number of benzene rings is 1. The molecule has 1 unspecified atom stereocenters. The topological polar surface area (TPSA) is 151 Å². The van der Waals surface area contributed by atoms with Gasteiger partial charge in [0, 0.05) is 42.6 Å². The lowest BCUT2D eigenvalue weighted by atomic mass is 9.82. The number of nitrogens with zero attached hydrogens (tertiary/aromatic N) is 1. The number of methoxy groups -OCH3 is 1. The van der Waals surface area contributed by atoms with Gasteiger partial charge in [-0.05, 0) is 19.1 Å². The van der Waals surface area contributed by atoms with Crippen LogP contribution in [0.3, 0.4) is 0 Å². The first-order chi connectivity index (χ1) is 15.9. The summed E-state index contributed by atoms with van der Waals surface area (Å²) in [5.74, 6) is -0.145. The predicted octanol–water partition coefficient (Wildman–Crippen LogP) is 0.231. The Labute approximate surface area is 188 Å². The lowest BCUT2D eigenvalue weighted by Crippen LogP contribution is -2.55. The van der Waals surface area contributed by atoms with Crippen LogP contribution in [0.2, 0.25) is 0 Å². The van der Waals surface area contributed by atoms with Crippen molar-refractivity contribution in [3.05, 3.63) is 40.7 Å². The van der Waals surface area contributed by atoms with Crippen LogP contribution in [0.5, 0.6) is 11.5 Å². The minimum absolute atomic E-state index is 0.0965. The Morgan fingerprint density at radius 1 is 1.30 bits per heavy atom. The van der Waals surface area contributed by atoms with Gasteiger partial charge in [0.15, 0.2) is 17.2 Å². The van der Waals surface area contributed by atoms with Gasteiger partial charge in [0.25, 0.3) is 0 Å². The quantitative estimate of drug-likeness (QED) is 0.416. The van der Waals surface area contributed by atoms with E-state index in [9.17, 15) is 14.4 Å². The number of fused-ring (bicyclic) bond motifs is 5. The Hall–Kier alpha value is -3.57. The van der Waals surface area contributed by atoms with Crippen LogP contribution in [0.4, 0.5) is 10.5 Å². The predicted molar refractivity (Wildman–Crippen MR) is 112 cm³/mol. The van der Waals surface area contributed by atoms with E-state index in [0.29, 0.717) is 35.0 Å². The maximum Gasteiger partial charge on any atom is 0.404 e. The van der Waals surface area contributed by atoms with Gasteiger partial charge in [0.1, 0.15) is 6.61 Å². The van der Waals surface area contributed by atoms with Crippen molar-refractivity contribution in [1.29, 1.82) is 0 Å². The molecule has 2 saturated heterocycles. The Bertz CT molecular complexity index is 1190. The SMILES string of the molecule is COC12[C@@H]3N[C@@H]3CN1C1=C(C(=O)C(Nc3ccc4c(c3)OCO4)=C(C)C1=O)[C@@H]2COC(N)=O. The van der Waals surface area contributed by atoms with Gasteiger partial charge in [0.05, 0.1) is 23.4 Å². The summed E-state index contributed by atoms with van der Waals surface area (Å²) in [6, 6.07) is 5.22. The minimum atomic E-state index is -1.01. The smallest absolute Gasteiger partial charge is 0.404 e. The van der Waals surface area contributed by atoms with E-state index in [2.05, 4.69) is 10.6 Å². The number of piperazine rings is 1. The fourth-order valence-electron chi connectivity index (χ4n) is 5.56. The van der Waals surface area contributed by atoms with Gasteiger partial charge in [-0.25, -0.2) is 4.79 Å². The highest BCUT2D eigenvalue weighted by Gasteiger charge is 2.72. The molecule has 11 nitrogen and oxygen atoms in total. The molecule has 5 aliphatic rings. The number of hydrogen-bond acceptors (Lipinski definition) is 10. The van der Waals surface area contributed by atoms with E-state index in [1.807, 2.05) is 4.90 Å². The molecule has 1 aliphatic carbocycles. The van der Waals surface area contributed by atoms with Gasteiger partial charge < -0.3 is 40.2 Å². The maximum atomic E-state index is 13.8. The van der Waals surface area contributed by atoms with Crippen LogP contribution >= 0.6 is 0 Å². The van der Waals surface area contributed by atoms with Crippen molar-refractivity contribution >= 4 is 23.3 Å². The molecule has 4 aliphatic heterocycles. The summed E-state index contributed by atoms with van der Waals surface area (Å²) >= 11 is 0. The lowest BCUT2D eigenvalue weighted by Gasteiger charge is -2.39. The van der Waals surface area contributed by atoms with E-state index < -0.39 is 17.7 Å². The number of hydrogen-bond donors (Lipinski definition) is 3. The van der Waals surface area contributed by atoms with E-state index in [1.165, 1.54) is 7.11 Å². The molecule has 2 fully saturated rings. The van der Waals surface area contributed by atoms with Gasteiger partial charge in [-0.15, -0.1) is 0 Å². The summed E-state index contributed by atoms with van der Waals surface area (Å²) in [4.78, 5) is 40.6. The van der Waals surface area contributed by atoms with Gasteiger partial charge >= 0.3 is 6.09 Å². The number of nitrogens with one attached hydrogen (secondary N) is 2. The number of carbonyl (C=O) groups is 3. The first kappa shape index (κ1) is 20.1. The molecule has 4 heterocycles. The summed E-state index contributed by atoms with van der Waals surface area (Å²) in [6.07, 6.45) is -0.958. The number of Topliss-reactive ketones (excluding diaryl/α,β-unsaturated/α-hetero) is 2. The molecule has 0 bridgehead atoms. The second-order valence-electron chi connectivity index (χ2n) is 8.61. The van der Waals surface area contributed by atoms with Gasteiger partial charge in [-0.1, -0.05) is 0 Å². The van der Waals surface area contributed by atoms with Gasteiger partial charge in [0.2, 0.25) is 18.4 Å². The fourth-order valence-corrected chi connectivity index (χ4v) is 5.56. The third kappa shape index (κ3) is 2.60. The summed E-state index contributed by atoms with van der Waals surface area (Å²) in [7, 11) is 1.53. The van der Waals surface area contributed by atoms with Crippen molar-refractivity contribution in [1.82, 2.24) is 10.2 Å². The van der Waals surface area contributed by atoms with Gasteiger partial charge in [-0.2, -0.15) is 0 Å². The Morgan fingerprint density at radius 2 is 2.09 bits per heavy atom. The van der Waals surface area contributed by atoms with Crippen LogP contribution < -0.4 is 25.8 Å². The van der Waals surface area contributed by atoms with Crippen LogP contribution in [0.1, 0.15) is 6.92 Å². The second-order valence-corrected chi connectivity index (χ2v) is 8.61. The van der Waals surface area contributed by atoms with E-state index in [1.54, 1.807) is 25.1 Å². The third-order valence-corrected chi connectivity index (χ3v) is 7.07. The highest BCUT2D eigenvalue weighted by molar-refractivity contribution is 6.26. The molecule has 0 radical (unpaired) electrons. The van der Waals surface area contributed by atoms with Crippen molar-refractivity contribution in [2.75, 3.05) is 32.4 Å². The average molecular weight is 454 g/mol. The molecule has 6 rings (SSSR count). The van der Waals surface area contributed by atoms with Crippen LogP contribution in [0.15, 0.2) is 40.7 Å². The van der Waals surface area contributed by atoms with Gasteiger partial charge in [-0.3, -0.25) is 9.59 Å². The molecule has 11 heteroatoms. The summed E-state index contributed by atoms with van der Waals surface area (Å²) in [5.41, 5.74) is 5.82. The molecule has 1 aromatic rings. The Balaban J connectivity index is 1.39. The highest BCUT2D eigenvalue weighted by atomic mass is 16.7. The van der Waals surface area contributed by atoms with Crippen molar-refractivity contribution in [3.8, 4) is 11.5 Å². The molecule has 0 aromatic heterocycles. The third-order valence-electron chi connectivity index (χ3n) is 7.07. The first-order valence-electron chi connectivity index (χ1n) is 10.6. The van der Waals surface area contributed by atoms with Crippen molar-refractivity contribution in [2.45, 2.75) is 24.7 Å². The van der Waals surface area contributed by atoms with E-state index >= 15 is 0 Å². The lowest BCUT2D eigenvalue weighted by molar-refractivity contribution is -0.137. The molecule has 4 atom stereocenters. The van der Waals surface area contributed by atoms with Crippen LogP contribution in [-0.4, -0.2) is 67.4 Å². The van der Waals surface area contributed by atoms with Crippen molar-refractivity contribution in [3.63, 3.8) is 0 Å². The Kier molecular flexibility index (Phi) is 4.08. The molecule has 1 aromatic carbocycles. The number of ether oxygens (including phenoxy) is 4. The molecule has 0 spiro atoms. The van der Waals surface area contributed by atoms with E-state index in [-0.39, 0.29) is 48.3 Å². The van der Waals surface area contributed by atoms with E-state index in [4.69, 9.17) is 24.7 Å². The number of ketones is 2. The molecule has 172 valence electrons. The molecule has 0 saturated carbocycles. The number of nitrogens with two attached hydrogens (primary N) is 1. The number of allylic oxidation sites excluding steroid dienone is 2. The fraction of sp³-hybridized carbons (Fsp3) is 0.409. The summed E-state index contributed by atoms with van der Waals surface area (Å²) < 4.78 is 21.8. The molecular formula is C22H22N4O7. The monoisotopic (exact) mass is 454 g/mol. The number of rotatable bonds is 5. The minimum Gasteiger partial charge on any atom is -0.454 e. The zero-order chi connectivity index (χ0) is 23.1. The van der Waals surface area contributed by atoms with E-state index in [0.717, 1.165) is 0 Å². The number of amides is 1. The maximum absolute atomic E-state index is 13.8. The Morgan fingerprint density at radius 3 is 2.85 bits per heavy atom. The number of anilines is 1. The zero-order valence-corrected chi connectivity index (χ0v) is 18.0. The normalized spacial score (nSPS) is 31.0.